The highest BCUT2D eigenvalue weighted by Gasteiger charge is 2.21. The molecule has 3 aromatic rings. The highest BCUT2D eigenvalue weighted by molar-refractivity contribution is 5.37. The van der Waals surface area contributed by atoms with E-state index in [1.807, 2.05) is 6.07 Å². The van der Waals surface area contributed by atoms with E-state index in [9.17, 15) is 0 Å². The van der Waals surface area contributed by atoms with Crippen molar-refractivity contribution >= 4 is 0 Å². The van der Waals surface area contributed by atoms with Crippen LogP contribution in [0.1, 0.15) is 54.5 Å². The molecule has 1 heterocycles. The number of ether oxygens (including phenoxy) is 2. The summed E-state index contributed by atoms with van der Waals surface area (Å²) in [6.07, 6.45) is 0.924. The molecular weight excluding hydrogens is 432 g/mol. The third-order valence-electron chi connectivity index (χ3n) is 7.03. The van der Waals surface area contributed by atoms with E-state index < -0.39 is 0 Å². The zero-order valence-electron chi connectivity index (χ0n) is 21.7. The predicted octanol–water partition coefficient (Wildman–Crippen LogP) is 6.46. The number of nitrogens with zero attached hydrogens (tertiary/aromatic N) is 2. The minimum Gasteiger partial charge on any atom is -0.497 e. The van der Waals surface area contributed by atoms with Crippen molar-refractivity contribution in [3.8, 4) is 11.5 Å². The molecule has 0 amide bonds. The third kappa shape index (κ3) is 7.09. The Balaban J connectivity index is 1.39. The molecule has 0 aliphatic carbocycles. The van der Waals surface area contributed by atoms with E-state index in [0.29, 0.717) is 5.92 Å². The molecule has 1 fully saturated rings. The molecule has 0 saturated carbocycles. The Bertz CT molecular complexity index is 1060. The summed E-state index contributed by atoms with van der Waals surface area (Å²) < 4.78 is 12.1. The summed E-state index contributed by atoms with van der Waals surface area (Å²) in [6, 6.07) is 25.6. The molecule has 1 atom stereocenters. The second-order valence-electron chi connectivity index (χ2n) is 9.95. The molecule has 1 aliphatic heterocycles. The van der Waals surface area contributed by atoms with Gasteiger partial charge < -0.3 is 14.4 Å². The monoisotopic (exact) mass is 472 g/mol. The Kier molecular flexibility index (Phi) is 8.84. The molecule has 1 aliphatic rings. The smallest absolute Gasteiger partial charge is 0.125 e. The van der Waals surface area contributed by atoms with E-state index in [1.165, 1.54) is 16.7 Å². The predicted molar refractivity (Wildman–Crippen MR) is 144 cm³/mol. The van der Waals surface area contributed by atoms with Gasteiger partial charge in [0.25, 0.3) is 0 Å². The summed E-state index contributed by atoms with van der Waals surface area (Å²) in [7, 11) is 1.72. The van der Waals surface area contributed by atoms with Gasteiger partial charge in [-0.25, -0.2) is 0 Å². The van der Waals surface area contributed by atoms with Gasteiger partial charge in [0.05, 0.1) is 7.11 Å². The Morgan fingerprint density at radius 3 is 2.23 bits per heavy atom. The maximum atomic E-state index is 6.61. The first-order valence-corrected chi connectivity index (χ1v) is 12.9. The Labute approximate surface area is 211 Å². The van der Waals surface area contributed by atoms with Gasteiger partial charge in [-0.1, -0.05) is 62.4 Å². The fourth-order valence-electron chi connectivity index (χ4n) is 4.98. The van der Waals surface area contributed by atoms with Crippen molar-refractivity contribution in [1.82, 2.24) is 9.80 Å². The molecule has 0 spiro atoms. The number of hydrogen-bond acceptors (Lipinski definition) is 4. The number of rotatable bonds is 10. The zero-order chi connectivity index (χ0) is 24.6. The lowest BCUT2D eigenvalue weighted by molar-refractivity contribution is 0.107. The van der Waals surface area contributed by atoms with Crippen LogP contribution in [0.4, 0.5) is 0 Å². The van der Waals surface area contributed by atoms with Crippen molar-refractivity contribution < 1.29 is 9.47 Å². The Hall–Kier alpha value is -2.82. The zero-order valence-corrected chi connectivity index (χ0v) is 21.7. The minimum atomic E-state index is -0.0169. The molecular formula is C31H40N2O2. The summed E-state index contributed by atoms with van der Waals surface area (Å²) in [6.45, 7) is 13.1. The minimum absolute atomic E-state index is 0.0169. The van der Waals surface area contributed by atoms with E-state index in [4.69, 9.17) is 9.47 Å². The topological polar surface area (TPSA) is 24.9 Å². The van der Waals surface area contributed by atoms with Crippen LogP contribution >= 0.6 is 0 Å². The number of benzene rings is 3. The second kappa shape index (κ2) is 12.2. The van der Waals surface area contributed by atoms with Crippen LogP contribution in [0.2, 0.25) is 0 Å². The van der Waals surface area contributed by atoms with Crippen LogP contribution < -0.4 is 9.47 Å². The summed E-state index contributed by atoms with van der Waals surface area (Å²) in [5.41, 5.74) is 5.23. The average molecular weight is 473 g/mol. The summed E-state index contributed by atoms with van der Waals surface area (Å²) >= 11 is 0. The first-order chi connectivity index (χ1) is 17.0. The van der Waals surface area contributed by atoms with E-state index in [0.717, 1.165) is 62.8 Å². The van der Waals surface area contributed by atoms with Gasteiger partial charge in [0, 0.05) is 45.7 Å². The van der Waals surface area contributed by atoms with Gasteiger partial charge in [0.1, 0.15) is 17.6 Å². The molecule has 0 aromatic heterocycles. The normalized spacial score (nSPS) is 15.8. The molecule has 4 rings (SSSR count). The third-order valence-corrected chi connectivity index (χ3v) is 7.03. The summed E-state index contributed by atoms with van der Waals surface area (Å²) in [5, 5.41) is 0. The van der Waals surface area contributed by atoms with Crippen molar-refractivity contribution in [1.29, 1.82) is 0 Å². The maximum absolute atomic E-state index is 6.61. The van der Waals surface area contributed by atoms with Crippen LogP contribution in [0.15, 0.2) is 72.8 Å². The van der Waals surface area contributed by atoms with Gasteiger partial charge in [-0.3, -0.25) is 4.90 Å². The lowest BCUT2D eigenvalue weighted by Gasteiger charge is -2.35. The highest BCUT2D eigenvalue weighted by atomic mass is 16.5. The largest absolute Gasteiger partial charge is 0.497 e. The summed E-state index contributed by atoms with van der Waals surface area (Å²) in [4.78, 5) is 5.13. The second-order valence-corrected chi connectivity index (χ2v) is 9.95. The van der Waals surface area contributed by atoms with Crippen molar-refractivity contribution in [2.75, 3.05) is 39.8 Å². The van der Waals surface area contributed by atoms with Crippen LogP contribution in [0.25, 0.3) is 0 Å². The van der Waals surface area contributed by atoms with Gasteiger partial charge in [-0.15, -0.1) is 0 Å². The van der Waals surface area contributed by atoms with E-state index >= 15 is 0 Å². The molecule has 4 nitrogen and oxygen atoms in total. The van der Waals surface area contributed by atoms with Crippen LogP contribution in [0.5, 0.6) is 11.5 Å². The van der Waals surface area contributed by atoms with Crippen LogP contribution in [0.3, 0.4) is 0 Å². The van der Waals surface area contributed by atoms with Crippen LogP contribution in [-0.4, -0.2) is 49.6 Å². The Morgan fingerprint density at radius 1 is 0.800 bits per heavy atom. The van der Waals surface area contributed by atoms with Crippen LogP contribution in [-0.2, 0) is 6.54 Å². The first kappa shape index (κ1) is 25.3. The lowest BCUT2D eigenvalue weighted by atomic mass is 9.98. The van der Waals surface area contributed by atoms with Crippen LogP contribution in [0, 0.1) is 6.92 Å². The highest BCUT2D eigenvalue weighted by Crippen LogP contribution is 2.30. The summed E-state index contributed by atoms with van der Waals surface area (Å²) in [5.74, 6) is 2.32. The fraction of sp³-hybridized carbons (Fsp3) is 0.419. The number of aryl methyl sites for hydroxylation is 1. The number of methoxy groups -OCH3 is 1. The molecule has 186 valence electrons. The molecule has 3 aromatic carbocycles. The number of hydrogen-bond donors (Lipinski definition) is 0. The van der Waals surface area contributed by atoms with E-state index in [1.54, 1.807) is 7.11 Å². The van der Waals surface area contributed by atoms with Crippen molar-refractivity contribution in [3.05, 3.63) is 95.1 Å². The first-order valence-electron chi connectivity index (χ1n) is 12.9. The molecule has 1 saturated heterocycles. The molecule has 1 unspecified atom stereocenters. The molecule has 0 radical (unpaired) electrons. The van der Waals surface area contributed by atoms with Gasteiger partial charge in [-0.05, 0) is 59.4 Å². The van der Waals surface area contributed by atoms with E-state index in [2.05, 4.69) is 97.3 Å². The number of piperazine rings is 1. The van der Waals surface area contributed by atoms with Gasteiger partial charge in [0.2, 0.25) is 0 Å². The molecule has 4 heteroatoms. The molecule has 35 heavy (non-hydrogen) atoms. The lowest BCUT2D eigenvalue weighted by Crippen LogP contribution is -2.46. The molecule has 0 bridgehead atoms. The van der Waals surface area contributed by atoms with Gasteiger partial charge >= 0.3 is 0 Å². The maximum Gasteiger partial charge on any atom is 0.125 e. The van der Waals surface area contributed by atoms with Crippen molar-refractivity contribution in [2.45, 2.75) is 45.8 Å². The molecule has 0 N–H and O–H groups in total. The fourth-order valence-corrected chi connectivity index (χ4v) is 4.98. The van der Waals surface area contributed by atoms with Gasteiger partial charge in [0.15, 0.2) is 0 Å². The van der Waals surface area contributed by atoms with Crippen molar-refractivity contribution in [2.24, 2.45) is 0 Å². The quantitative estimate of drug-likeness (QED) is 0.338. The van der Waals surface area contributed by atoms with Crippen molar-refractivity contribution in [3.63, 3.8) is 0 Å². The van der Waals surface area contributed by atoms with E-state index in [-0.39, 0.29) is 6.10 Å². The van der Waals surface area contributed by atoms with Gasteiger partial charge in [-0.2, -0.15) is 0 Å². The Morgan fingerprint density at radius 2 is 1.54 bits per heavy atom. The SMILES string of the molecule is COc1cccc(C(CCN2CCN(Cc3ccccc3)CC2)Oc2ccc(C(C)C)c(C)c2)c1. The standard InChI is InChI=1S/C31H40N2O2/c1-24(2)30-14-13-29(21-25(30)3)35-31(27-11-8-12-28(22-27)34-4)15-16-32-17-19-33(20-18-32)23-26-9-6-5-7-10-26/h5-14,21-22,24,31H,15-20,23H2,1-4H3. The average Bonchev–Trinajstić information content (AvgIpc) is 2.88.